The minimum atomic E-state index is -0.0667. The lowest BCUT2D eigenvalue weighted by atomic mass is 9.72. The molecule has 0 amide bonds. The molecular formula is C39H58O2. The van der Waals surface area contributed by atoms with Gasteiger partial charge in [0.1, 0.15) is 0 Å². The number of hydrogen-bond donors (Lipinski definition) is 0. The van der Waals surface area contributed by atoms with Crippen LogP contribution in [0.1, 0.15) is 171 Å². The Labute approximate surface area is 252 Å². The molecule has 2 heteroatoms. The SMILES string of the molecule is CCC(C)(C)C(C)CCCC(C)(C)c1ccc2c(c1)C(=O)c1cc(C(C)(C)CCCC(C)C(C)(C)C)ccc1C2=O. The van der Waals surface area contributed by atoms with E-state index in [4.69, 9.17) is 0 Å². The summed E-state index contributed by atoms with van der Waals surface area (Å²) in [7, 11) is 0. The van der Waals surface area contributed by atoms with E-state index in [1.54, 1.807) is 0 Å². The molecule has 0 aliphatic heterocycles. The van der Waals surface area contributed by atoms with Crippen LogP contribution < -0.4 is 0 Å². The van der Waals surface area contributed by atoms with Crippen molar-refractivity contribution < 1.29 is 9.59 Å². The smallest absolute Gasteiger partial charge is 0.194 e. The molecule has 2 atom stereocenters. The Balaban J connectivity index is 1.81. The summed E-state index contributed by atoms with van der Waals surface area (Å²) in [5.74, 6) is 1.29. The summed E-state index contributed by atoms with van der Waals surface area (Å²) in [4.78, 5) is 27.5. The van der Waals surface area contributed by atoms with E-state index in [1.807, 2.05) is 24.3 Å². The van der Waals surface area contributed by atoms with Crippen LogP contribution in [0.15, 0.2) is 36.4 Å². The van der Waals surface area contributed by atoms with E-state index < -0.39 is 0 Å². The van der Waals surface area contributed by atoms with Gasteiger partial charge < -0.3 is 0 Å². The topological polar surface area (TPSA) is 34.1 Å². The van der Waals surface area contributed by atoms with E-state index in [0.29, 0.717) is 44.9 Å². The third-order valence-electron chi connectivity index (χ3n) is 11.2. The molecule has 0 saturated carbocycles. The zero-order chi connectivity index (χ0) is 31.0. The van der Waals surface area contributed by atoms with Crippen molar-refractivity contribution >= 4 is 11.6 Å². The van der Waals surface area contributed by atoms with Crippen LogP contribution >= 0.6 is 0 Å². The predicted octanol–water partition coefficient (Wildman–Crippen LogP) is 11.1. The number of rotatable bonds is 12. The van der Waals surface area contributed by atoms with Crippen molar-refractivity contribution in [1.29, 1.82) is 0 Å². The second kappa shape index (κ2) is 12.2. The highest BCUT2D eigenvalue weighted by atomic mass is 16.1. The molecule has 0 radical (unpaired) electrons. The van der Waals surface area contributed by atoms with Gasteiger partial charge in [0.25, 0.3) is 0 Å². The van der Waals surface area contributed by atoms with Crippen LogP contribution in [0.4, 0.5) is 0 Å². The summed E-state index contributed by atoms with van der Waals surface area (Å²) in [5.41, 5.74) is 5.06. The summed E-state index contributed by atoms with van der Waals surface area (Å²) < 4.78 is 0. The van der Waals surface area contributed by atoms with Gasteiger partial charge in [-0.15, -0.1) is 0 Å². The fourth-order valence-corrected chi connectivity index (χ4v) is 6.15. The molecule has 0 bridgehead atoms. The minimum Gasteiger partial charge on any atom is -0.289 e. The Kier molecular flexibility index (Phi) is 9.89. The van der Waals surface area contributed by atoms with Crippen molar-refractivity contribution in [2.24, 2.45) is 22.7 Å². The summed E-state index contributed by atoms with van der Waals surface area (Å²) in [6, 6.07) is 12.0. The van der Waals surface area contributed by atoms with Crippen molar-refractivity contribution in [3.63, 3.8) is 0 Å². The van der Waals surface area contributed by atoms with Crippen molar-refractivity contribution in [3.8, 4) is 0 Å². The van der Waals surface area contributed by atoms with Gasteiger partial charge in [0.15, 0.2) is 11.6 Å². The zero-order valence-corrected chi connectivity index (χ0v) is 28.4. The normalized spacial score (nSPS) is 15.9. The Bertz CT molecular complexity index is 1250. The summed E-state index contributed by atoms with van der Waals surface area (Å²) >= 11 is 0. The van der Waals surface area contributed by atoms with Crippen molar-refractivity contribution in [1.82, 2.24) is 0 Å². The molecule has 2 aromatic rings. The molecule has 41 heavy (non-hydrogen) atoms. The first kappa shape index (κ1) is 33.3. The van der Waals surface area contributed by atoms with Gasteiger partial charge in [-0.1, -0.05) is 127 Å². The molecule has 3 rings (SSSR count). The molecule has 226 valence electrons. The number of fused-ring (bicyclic) bond motifs is 2. The maximum absolute atomic E-state index is 13.9. The fraction of sp³-hybridized carbons (Fsp3) is 0.641. The maximum atomic E-state index is 13.9. The highest BCUT2D eigenvalue weighted by molar-refractivity contribution is 6.28. The predicted molar refractivity (Wildman–Crippen MR) is 175 cm³/mol. The summed E-state index contributed by atoms with van der Waals surface area (Å²) in [6.45, 7) is 27.8. The van der Waals surface area contributed by atoms with Crippen LogP contribution in [0.5, 0.6) is 0 Å². The number of carbonyl (C=O) groups is 2. The highest BCUT2D eigenvalue weighted by Crippen LogP contribution is 2.39. The summed E-state index contributed by atoms with van der Waals surface area (Å²) in [6.07, 6.45) is 7.99. The van der Waals surface area contributed by atoms with Gasteiger partial charge in [-0.3, -0.25) is 9.59 Å². The molecule has 2 aromatic carbocycles. The van der Waals surface area contributed by atoms with Crippen molar-refractivity contribution in [2.75, 3.05) is 0 Å². The molecule has 1 aliphatic rings. The van der Waals surface area contributed by atoms with Crippen LogP contribution in [-0.4, -0.2) is 11.6 Å². The Hall–Kier alpha value is -2.22. The van der Waals surface area contributed by atoms with Gasteiger partial charge in [-0.05, 0) is 81.7 Å². The molecule has 0 spiro atoms. The van der Waals surface area contributed by atoms with Gasteiger partial charge in [-0.2, -0.15) is 0 Å². The zero-order valence-electron chi connectivity index (χ0n) is 28.4. The molecule has 1 aliphatic carbocycles. The number of benzene rings is 2. The second-order valence-electron chi connectivity index (χ2n) is 16.2. The Morgan fingerprint density at radius 3 is 1.37 bits per heavy atom. The first-order valence-electron chi connectivity index (χ1n) is 16.2. The van der Waals surface area contributed by atoms with E-state index in [-0.39, 0.29) is 22.4 Å². The quantitative estimate of drug-likeness (QED) is 0.221. The van der Waals surface area contributed by atoms with E-state index in [9.17, 15) is 9.59 Å². The van der Waals surface area contributed by atoms with Gasteiger partial charge in [0.05, 0.1) is 0 Å². The van der Waals surface area contributed by atoms with Crippen LogP contribution in [0.3, 0.4) is 0 Å². The molecule has 0 fully saturated rings. The largest absolute Gasteiger partial charge is 0.289 e. The first-order valence-corrected chi connectivity index (χ1v) is 16.2. The number of carbonyl (C=O) groups excluding carboxylic acids is 2. The average molecular weight is 559 g/mol. The number of ketones is 2. The monoisotopic (exact) mass is 558 g/mol. The average Bonchev–Trinajstić information content (AvgIpc) is 2.90. The lowest BCUT2D eigenvalue weighted by molar-refractivity contribution is 0.0978. The molecule has 0 saturated heterocycles. The van der Waals surface area contributed by atoms with Crippen LogP contribution in [0, 0.1) is 22.7 Å². The first-order chi connectivity index (χ1) is 18.8. The molecule has 2 unspecified atom stereocenters. The molecule has 0 aromatic heterocycles. The lowest BCUT2D eigenvalue weighted by Gasteiger charge is -2.32. The standard InChI is InChI=1S/C39H58O2/c1-13-37(7,8)27(3)17-15-23-39(11,12)29-19-21-31-33(25-29)35(41)32-24-28(18-20-30(32)34(31)40)38(9,10)22-14-16-26(2)36(4,5)6/h18-21,24-27H,13-17,22-23H2,1-12H3. The minimum absolute atomic E-state index is 0.00966. The van der Waals surface area contributed by atoms with Gasteiger partial charge in [0.2, 0.25) is 0 Å². The van der Waals surface area contributed by atoms with E-state index >= 15 is 0 Å². The van der Waals surface area contributed by atoms with Crippen LogP contribution in [0.25, 0.3) is 0 Å². The Morgan fingerprint density at radius 2 is 0.976 bits per heavy atom. The molecule has 0 N–H and O–H groups in total. The maximum Gasteiger partial charge on any atom is 0.194 e. The fourth-order valence-electron chi connectivity index (χ4n) is 6.15. The highest BCUT2D eigenvalue weighted by Gasteiger charge is 2.34. The third kappa shape index (κ3) is 7.41. The Morgan fingerprint density at radius 1 is 0.585 bits per heavy atom. The van der Waals surface area contributed by atoms with Gasteiger partial charge >= 0.3 is 0 Å². The molecular weight excluding hydrogens is 500 g/mol. The van der Waals surface area contributed by atoms with Crippen molar-refractivity contribution in [3.05, 3.63) is 69.8 Å². The summed E-state index contributed by atoms with van der Waals surface area (Å²) in [5, 5.41) is 0. The van der Waals surface area contributed by atoms with Gasteiger partial charge in [0, 0.05) is 22.3 Å². The lowest BCUT2D eigenvalue weighted by Crippen LogP contribution is -2.26. The molecule has 0 heterocycles. The van der Waals surface area contributed by atoms with Crippen LogP contribution in [-0.2, 0) is 10.8 Å². The van der Waals surface area contributed by atoms with Gasteiger partial charge in [-0.25, -0.2) is 0 Å². The van der Waals surface area contributed by atoms with Crippen LogP contribution in [0.2, 0.25) is 0 Å². The second-order valence-corrected chi connectivity index (χ2v) is 16.2. The van der Waals surface area contributed by atoms with E-state index in [0.717, 1.165) is 36.8 Å². The third-order valence-corrected chi connectivity index (χ3v) is 11.2. The number of hydrogen-bond acceptors (Lipinski definition) is 2. The van der Waals surface area contributed by atoms with Crippen molar-refractivity contribution in [2.45, 2.75) is 139 Å². The van der Waals surface area contributed by atoms with E-state index in [1.165, 1.54) is 19.3 Å². The molecule has 2 nitrogen and oxygen atoms in total. The van der Waals surface area contributed by atoms with E-state index in [2.05, 4.69) is 95.2 Å².